The molecule has 6 nitrogen and oxygen atoms in total. The molecule has 0 saturated carbocycles. The Labute approximate surface area is 120 Å². The van der Waals surface area contributed by atoms with Gasteiger partial charge in [0, 0.05) is 38.5 Å². The van der Waals surface area contributed by atoms with Crippen LogP contribution < -0.4 is 0 Å². The van der Waals surface area contributed by atoms with Crippen LogP contribution in [0.4, 0.5) is 0 Å². The molecule has 1 amide bonds. The van der Waals surface area contributed by atoms with E-state index in [0.29, 0.717) is 12.4 Å². The molecule has 1 aromatic heterocycles. The first-order valence-corrected chi connectivity index (χ1v) is 7.17. The molecular formula is C14H24N4O2. The number of rotatable bonds is 2. The molecule has 1 fully saturated rings. The van der Waals surface area contributed by atoms with Crippen LogP contribution >= 0.6 is 0 Å². The molecule has 0 aliphatic carbocycles. The summed E-state index contributed by atoms with van der Waals surface area (Å²) in [7, 11) is 0. The van der Waals surface area contributed by atoms with Crippen LogP contribution in [-0.4, -0.2) is 52.0 Å². The highest BCUT2D eigenvalue weighted by molar-refractivity contribution is 5.73. The normalized spacial score (nSPS) is 18.1. The van der Waals surface area contributed by atoms with Crippen molar-refractivity contribution in [2.45, 2.75) is 46.1 Å². The lowest BCUT2D eigenvalue weighted by atomic mass is 9.96. The van der Waals surface area contributed by atoms with E-state index in [9.17, 15) is 4.79 Å². The fourth-order valence-corrected chi connectivity index (χ4v) is 2.26. The van der Waals surface area contributed by atoms with Crippen molar-refractivity contribution in [1.82, 2.24) is 19.9 Å². The Morgan fingerprint density at radius 2 is 2.00 bits per heavy atom. The van der Waals surface area contributed by atoms with Gasteiger partial charge in [0.25, 0.3) is 0 Å². The topological polar surface area (TPSA) is 62.5 Å². The van der Waals surface area contributed by atoms with Crippen LogP contribution in [-0.2, 0) is 16.8 Å². The van der Waals surface area contributed by atoms with Crippen molar-refractivity contribution < 1.29 is 9.32 Å². The van der Waals surface area contributed by atoms with Crippen LogP contribution in [0.25, 0.3) is 0 Å². The molecule has 1 aromatic rings. The van der Waals surface area contributed by atoms with Crippen LogP contribution in [0.5, 0.6) is 0 Å². The predicted molar refractivity (Wildman–Crippen MR) is 75.1 cm³/mol. The van der Waals surface area contributed by atoms with Gasteiger partial charge in [0.2, 0.25) is 11.8 Å². The molecule has 0 N–H and O–H groups in total. The van der Waals surface area contributed by atoms with E-state index in [4.69, 9.17) is 4.52 Å². The smallest absolute Gasteiger partial charge is 0.240 e. The Morgan fingerprint density at radius 1 is 1.25 bits per heavy atom. The Morgan fingerprint density at radius 3 is 2.60 bits per heavy atom. The van der Waals surface area contributed by atoms with E-state index in [-0.39, 0.29) is 11.3 Å². The fourth-order valence-electron chi connectivity index (χ4n) is 2.26. The molecule has 0 bridgehead atoms. The molecular weight excluding hydrogens is 256 g/mol. The van der Waals surface area contributed by atoms with Crippen LogP contribution in [0.15, 0.2) is 4.52 Å². The highest BCUT2D eigenvalue weighted by Gasteiger charge is 2.23. The molecule has 1 aliphatic rings. The van der Waals surface area contributed by atoms with E-state index < -0.39 is 0 Å². The quantitative estimate of drug-likeness (QED) is 0.820. The summed E-state index contributed by atoms with van der Waals surface area (Å²) in [5, 5.41) is 4.04. The lowest BCUT2D eigenvalue weighted by Gasteiger charge is -2.19. The van der Waals surface area contributed by atoms with E-state index in [0.717, 1.165) is 38.4 Å². The summed E-state index contributed by atoms with van der Waals surface area (Å²) in [6.07, 6.45) is 0.986. The Kier molecular flexibility index (Phi) is 4.42. The predicted octanol–water partition coefficient (Wildman–Crippen LogP) is 1.42. The van der Waals surface area contributed by atoms with Crippen LogP contribution in [0.3, 0.4) is 0 Å². The van der Waals surface area contributed by atoms with Crippen molar-refractivity contribution in [3.63, 3.8) is 0 Å². The van der Waals surface area contributed by atoms with Crippen molar-refractivity contribution in [1.29, 1.82) is 0 Å². The third-order valence-corrected chi connectivity index (χ3v) is 3.53. The van der Waals surface area contributed by atoms with E-state index >= 15 is 0 Å². The van der Waals surface area contributed by atoms with Crippen molar-refractivity contribution in [3.05, 3.63) is 11.7 Å². The van der Waals surface area contributed by atoms with Gasteiger partial charge < -0.3 is 9.42 Å². The Hall–Kier alpha value is -1.43. The minimum atomic E-state index is -0.0913. The molecule has 1 aliphatic heterocycles. The summed E-state index contributed by atoms with van der Waals surface area (Å²) in [6, 6.07) is 0. The van der Waals surface area contributed by atoms with Gasteiger partial charge in [-0.1, -0.05) is 25.9 Å². The maximum Gasteiger partial charge on any atom is 0.240 e. The standard InChI is InChI=1S/C14H24N4O2/c1-11(19)18-7-5-6-17(8-9-18)10-12-15-13(16-20-12)14(2,3)4/h5-10H2,1-4H3. The van der Waals surface area contributed by atoms with Crippen LogP contribution in [0.2, 0.25) is 0 Å². The fraction of sp³-hybridized carbons (Fsp3) is 0.786. The van der Waals surface area contributed by atoms with Gasteiger partial charge in [0.15, 0.2) is 5.82 Å². The summed E-state index contributed by atoms with van der Waals surface area (Å²) in [5.74, 6) is 1.55. The van der Waals surface area contributed by atoms with Crippen molar-refractivity contribution in [2.75, 3.05) is 26.2 Å². The lowest BCUT2D eigenvalue weighted by Crippen LogP contribution is -2.33. The minimum Gasteiger partial charge on any atom is -0.342 e. The van der Waals surface area contributed by atoms with Gasteiger partial charge in [-0.25, -0.2) is 0 Å². The molecule has 0 unspecified atom stereocenters. The number of carbonyl (C=O) groups is 1. The summed E-state index contributed by atoms with van der Waals surface area (Å²) in [5.41, 5.74) is -0.0913. The number of hydrogen-bond acceptors (Lipinski definition) is 5. The molecule has 2 rings (SSSR count). The van der Waals surface area contributed by atoms with Crippen LogP contribution in [0.1, 0.15) is 45.8 Å². The maximum atomic E-state index is 11.4. The first-order valence-electron chi connectivity index (χ1n) is 7.17. The zero-order chi connectivity index (χ0) is 14.8. The van der Waals surface area contributed by atoms with E-state index in [1.807, 2.05) is 4.90 Å². The van der Waals surface area contributed by atoms with Gasteiger partial charge >= 0.3 is 0 Å². The largest absolute Gasteiger partial charge is 0.342 e. The first-order chi connectivity index (χ1) is 9.36. The van der Waals surface area contributed by atoms with Crippen molar-refractivity contribution in [2.24, 2.45) is 0 Å². The summed E-state index contributed by atoms with van der Waals surface area (Å²) in [6.45, 7) is 11.9. The number of nitrogens with zero attached hydrogens (tertiary/aromatic N) is 4. The number of carbonyl (C=O) groups excluding carboxylic acids is 1. The summed E-state index contributed by atoms with van der Waals surface area (Å²) < 4.78 is 5.33. The Bertz CT molecular complexity index is 464. The molecule has 20 heavy (non-hydrogen) atoms. The van der Waals surface area contributed by atoms with Gasteiger partial charge in [0.1, 0.15) is 0 Å². The average Bonchev–Trinajstić information content (AvgIpc) is 2.68. The van der Waals surface area contributed by atoms with Gasteiger partial charge in [-0.3, -0.25) is 9.69 Å². The molecule has 0 radical (unpaired) electrons. The van der Waals surface area contributed by atoms with E-state index in [1.165, 1.54) is 0 Å². The zero-order valence-corrected chi connectivity index (χ0v) is 12.8. The molecule has 0 spiro atoms. The van der Waals surface area contributed by atoms with Gasteiger partial charge in [-0.15, -0.1) is 0 Å². The van der Waals surface area contributed by atoms with Crippen molar-refractivity contribution in [3.8, 4) is 0 Å². The molecule has 2 heterocycles. The molecule has 6 heteroatoms. The highest BCUT2D eigenvalue weighted by Crippen LogP contribution is 2.19. The minimum absolute atomic E-state index is 0.0913. The second kappa shape index (κ2) is 5.91. The SMILES string of the molecule is CC(=O)N1CCCN(Cc2nc(C(C)(C)C)no2)CC1. The lowest BCUT2D eigenvalue weighted by molar-refractivity contribution is -0.128. The number of hydrogen-bond donors (Lipinski definition) is 0. The second-order valence-corrected chi connectivity index (χ2v) is 6.40. The first kappa shape index (κ1) is 15.0. The van der Waals surface area contributed by atoms with Crippen LogP contribution in [0, 0.1) is 0 Å². The molecule has 0 aromatic carbocycles. The highest BCUT2D eigenvalue weighted by atomic mass is 16.5. The van der Waals surface area contributed by atoms with Gasteiger partial charge in [-0.2, -0.15) is 4.98 Å². The maximum absolute atomic E-state index is 11.4. The van der Waals surface area contributed by atoms with E-state index in [1.54, 1.807) is 6.92 Å². The average molecular weight is 280 g/mol. The third kappa shape index (κ3) is 3.79. The second-order valence-electron chi connectivity index (χ2n) is 6.40. The van der Waals surface area contributed by atoms with E-state index in [2.05, 4.69) is 35.8 Å². The molecule has 112 valence electrons. The molecule has 0 atom stereocenters. The summed E-state index contributed by atoms with van der Waals surface area (Å²) >= 11 is 0. The third-order valence-electron chi connectivity index (χ3n) is 3.53. The monoisotopic (exact) mass is 280 g/mol. The summed E-state index contributed by atoms with van der Waals surface area (Å²) in [4.78, 5) is 20.0. The Balaban J connectivity index is 1.93. The number of aromatic nitrogens is 2. The van der Waals surface area contributed by atoms with Crippen molar-refractivity contribution >= 4 is 5.91 Å². The molecule has 1 saturated heterocycles. The number of amides is 1. The van der Waals surface area contributed by atoms with Gasteiger partial charge in [-0.05, 0) is 6.42 Å². The zero-order valence-electron chi connectivity index (χ0n) is 12.8. The van der Waals surface area contributed by atoms with Gasteiger partial charge in [0.05, 0.1) is 6.54 Å².